The molecule has 0 aliphatic heterocycles. The predicted octanol–water partition coefficient (Wildman–Crippen LogP) is 3.41. The third-order valence-corrected chi connectivity index (χ3v) is 4.39. The number of fused-ring (bicyclic) bond motifs is 1. The fraction of sp³-hybridized carbons (Fsp3) is 0.316. The quantitative estimate of drug-likeness (QED) is 0.757. The first-order chi connectivity index (χ1) is 11.8. The summed E-state index contributed by atoms with van der Waals surface area (Å²) < 4.78 is 2.08. The zero-order valence-electron chi connectivity index (χ0n) is 13.5. The van der Waals surface area contributed by atoms with Gasteiger partial charge in [-0.1, -0.05) is 18.2 Å². The number of rotatable bonds is 6. The highest BCUT2D eigenvalue weighted by atomic mass is 16.1. The molecule has 0 radical (unpaired) electrons. The van der Waals surface area contributed by atoms with Crippen molar-refractivity contribution >= 4 is 22.9 Å². The summed E-state index contributed by atoms with van der Waals surface area (Å²) in [7, 11) is 0. The second-order valence-electron chi connectivity index (χ2n) is 6.34. The van der Waals surface area contributed by atoms with Crippen LogP contribution in [0.3, 0.4) is 0 Å². The maximum atomic E-state index is 12.2. The molecule has 1 aliphatic rings. The van der Waals surface area contributed by atoms with Crippen molar-refractivity contribution < 1.29 is 4.79 Å². The molecule has 2 aromatic heterocycles. The van der Waals surface area contributed by atoms with E-state index in [1.54, 1.807) is 6.20 Å². The molecule has 2 heterocycles. The summed E-state index contributed by atoms with van der Waals surface area (Å²) in [6, 6.07) is 13.9. The molecule has 5 heteroatoms. The summed E-state index contributed by atoms with van der Waals surface area (Å²) in [4.78, 5) is 21.2. The fourth-order valence-corrected chi connectivity index (χ4v) is 2.93. The highest BCUT2D eigenvalue weighted by Crippen LogP contribution is 2.32. The maximum Gasteiger partial charge on any atom is 0.226 e. The van der Waals surface area contributed by atoms with Crippen LogP contribution in [0.5, 0.6) is 0 Å². The Morgan fingerprint density at radius 1 is 1.17 bits per heavy atom. The summed E-state index contributed by atoms with van der Waals surface area (Å²) in [5.74, 6) is 1.26. The van der Waals surface area contributed by atoms with E-state index in [0.717, 1.165) is 29.7 Å². The summed E-state index contributed by atoms with van der Waals surface area (Å²) >= 11 is 0. The van der Waals surface area contributed by atoms with Crippen molar-refractivity contribution in [3.05, 3.63) is 54.4 Å². The second-order valence-corrected chi connectivity index (χ2v) is 6.34. The molecule has 0 spiro atoms. The predicted molar refractivity (Wildman–Crippen MR) is 93.6 cm³/mol. The lowest BCUT2D eigenvalue weighted by Gasteiger charge is -2.10. The van der Waals surface area contributed by atoms with Gasteiger partial charge < -0.3 is 4.57 Å². The van der Waals surface area contributed by atoms with Crippen molar-refractivity contribution in [2.75, 3.05) is 5.32 Å². The Labute approximate surface area is 140 Å². The Hall–Kier alpha value is -2.69. The van der Waals surface area contributed by atoms with Crippen molar-refractivity contribution in [2.24, 2.45) is 5.92 Å². The molecule has 122 valence electrons. The zero-order chi connectivity index (χ0) is 16.4. The number of carbonyl (C=O) groups excluding carboxylic acids is 1. The van der Waals surface area contributed by atoms with Gasteiger partial charge in [0.1, 0.15) is 0 Å². The Kier molecular flexibility index (Phi) is 3.99. The Balaban J connectivity index is 1.58. The van der Waals surface area contributed by atoms with Crippen LogP contribution in [0, 0.1) is 5.92 Å². The number of anilines is 1. The van der Waals surface area contributed by atoms with Gasteiger partial charge in [-0.15, -0.1) is 0 Å². The van der Waals surface area contributed by atoms with Gasteiger partial charge in [-0.25, -0.2) is 4.98 Å². The van der Waals surface area contributed by atoms with E-state index in [2.05, 4.69) is 19.9 Å². The number of imidazole rings is 1. The standard InChI is InChI=1S/C19H20N4O/c24-18(13-14-8-9-14)22-19-21-16-6-1-2-7-17(16)23(19)12-10-15-5-3-4-11-20-15/h1-7,11,14H,8-10,12-13H2,(H,21,22,24). The van der Waals surface area contributed by atoms with Crippen LogP contribution >= 0.6 is 0 Å². The monoisotopic (exact) mass is 320 g/mol. The second kappa shape index (κ2) is 6.43. The van der Waals surface area contributed by atoms with E-state index in [-0.39, 0.29) is 5.91 Å². The molecule has 1 aliphatic carbocycles. The van der Waals surface area contributed by atoms with E-state index in [4.69, 9.17) is 0 Å². The molecular formula is C19H20N4O. The van der Waals surface area contributed by atoms with Crippen LogP contribution in [-0.2, 0) is 17.8 Å². The minimum absolute atomic E-state index is 0.0619. The van der Waals surface area contributed by atoms with E-state index in [9.17, 15) is 4.79 Å². The van der Waals surface area contributed by atoms with E-state index in [1.165, 1.54) is 12.8 Å². The smallest absolute Gasteiger partial charge is 0.226 e. The Morgan fingerprint density at radius 3 is 2.79 bits per heavy atom. The highest BCUT2D eigenvalue weighted by molar-refractivity contribution is 5.91. The summed E-state index contributed by atoms with van der Waals surface area (Å²) in [6.45, 7) is 0.733. The van der Waals surface area contributed by atoms with Gasteiger partial charge >= 0.3 is 0 Å². The first-order valence-corrected chi connectivity index (χ1v) is 8.44. The van der Waals surface area contributed by atoms with Gasteiger partial charge in [0.2, 0.25) is 11.9 Å². The number of aromatic nitrogens is 3. The molecule has 4 rings (SSSR count). The van der Waals surface area contributed by atoms with Crippen molar-refractivity contribution in [1.29, 1.82) is 0 Å². The molecule has 0 unspecified atom stereocenters. The first-order valence-electron chi connectivity index (χ1n) is 8.44. The number of hydrogen-bond donors (Lipinski definition) is 1. The molecular weight excluding hydrogens is 300 g/mol. The SMILES string of the molecule is O=C(CC1CC1)Nc1nc2ccccc2n1CCc1ccccn1. The first kappa shape index (κ1) is 14.9. The van der Waals surface area contributed by atoms with Gasteiger partial charge in [0, 0.05) is 31.3 Å². The number of nitrogens with zero attached hydrogens (tertiary/aromatic N) is 3. The van der Waals surface area contributed by atoms with Gasteiger partial charge in [-0.2, -0.15) is 0 Å². The minimum Gasteiger partial charge on any atom is -0.310 e. The fourth-order valence-electron chi connectivity index (χ4n) is 2.93. The molecule has 5 nitrogen and oxygen atoms in total. The lowest BCUT2D eigenvalue weighted by molar-refractivity contribution is -0.116. The van der Waals surface area contributed by atoms with E-state index >= 15 is 0 Å². The van der Waals surface area contributed by atoms with E-state index in [0.29, 0.717) is 18.3 Å². The third-order valence-electron chi connectivity index (χ3n) is 4.39. The maximum absolute atomic E-state index is 12.2. The molecule has 0 atom stereocenters. The normalized spacial score (nSPS) is 14.0. The summed E-state index contributed by atoms with van der Waals surface area (Å²) in [6.07, 6.45) is 5.54. The van der Waals surface area contributed by atoms with Gasteiger partial charge in [-0.05, 0) is 43.0 Å². The molecule has 0 saturated heterocycles. The average molecular weight is 320 g/mol. The van der Waals surface area contributed by atoms with Crippen LogP contribution in [-0.4, -0.2) is 20.4 Å². The van der Waals surface area contributed by atoms with Gasteiger partial charge in [0.05, 0.1) is 11.0 Å². The molecule has 1 amide bonds. The number of para-hydroxylation sites is 2. The minimum atomic E-state index is 0.0619. The number of benzene rings is 1. The van der Waals surface area contributed by atoms with Crippen LogP contribution < -0.4 is 5.32 Å². The highest BCUT2D eigenvalue weighted by Gasteiger charge is 2.25. The summed E-state index contributed by atoms with van der Waals surface area (Å²) in [5, 5.41) is 3.00. The van der Waals surface area contributed by atoms with Crippen LogP contribution in [0.15, 0.2) is 48.7 Å². The number of carbonyl (C=O) groups is 1. The lowest BCUT2D eigenvalue weighted by atomic mass is 10.2. The topological polar surface area (TPSA) is 59.8 Å². The number of pyridine rings is 1. The van der Waals surface area contributed by atoms with E-state index in [1.807, 2.05) is 42.5 Å². The van der Waals surface area contributed by atoms with Gasteiger partial charge in [0.25, 0.3) is 0 Å². The average Bonchev–Trinajstić information content (AvgIpc) is 3.34. The largest absolute Gasteiger partial charge is 0.310 e. The Morgan fingerprint density at radius 2 is 2.00 bits per heavy atom. The van der Waals surface area contributed by atoms with Crippen molar-refractivity contribution in [3.63, 3.8) is 0 Å². The lowest BCUT2D eigenvalue weighted by Crippen LogP contribution is -2.16. The number of aryl methyl sites for hydroxylation is 2. The number of hydrogen-bond acceptors (Lipinski definition) is 3. The molecule has 0 bridgehead atoms. The van der Waals surface area contributed by atoms with Crippen LogP contribution in [0.25, 0.3) is 11.0 Å². The van der Waals surface area contributed by atoms with Crippen molar-refractivity contribution in [3.8, 4) is 0 Å². The Bertz CT molecular complexity index is 852. The van der Waals surface area contributed by atoms with Crippen LogP contribution in [0.4, 0.5) is 5.95 Å². The van der Waals surface area contributed by atoms with Crippen molar-refractivity contribution in [1.82, 2.24) is 14.5 Å². The molecule has 3 aromatic rings. The van der Waals surface area contributed by atoms with Crippen LogP contribution in [0.2, 0.25) is 0 Å². The summed E-state index contributed by atoms with van der Waals surface area (Å²) in [5.41, 5.74) is 2.97. The number of amides is 1. The number of nitrogens with one attached hydrogen (secondary N) is 1. The van der Waals surface area contributed by atoms with Gasteiger partial charge in [-0.3, -0.25) is 15.1 Å². The molecule has 24 heavy (non-hydrogen) atoms. The molecule has 1 N–H and O–H groups in total. The zero-order valence-corrected chi connectivity index (χ0v) is 13.5. The molecule has 1 fully saturated rings. The van der Waals surface area contributed by atoms with Crippen LogP contribution in [0.1, 0.15) is 25.0 Å². The molecule has 1 saturated carbocycles. The van der Waals surface area contributed by atoms with Gasteiger partial charge in [0.15, 0.2) is 0 Å². The molecule has 1 aromatic carbocycles. The van der Waals surface area contributed by atoms with E-state index < -0.39 is 0 Å². The third kappa shape index (κ3) is 3.30. The van der Waals surface area contributed by atoms with Crippen molar-refractivity contribution in [2.45, 2.75) is 32.2 Å².